The van der Waals surface area contributed by atoms with Crippen LogP contribution in [0, 0.1) is 15.9 Å². The molecule has 1 aromatic carbocycles. The number of rotatable bonds is 5. The largest absolute Gasteiger partial charge is 0.370 e. The van der Waals surface area contributed by atoms with Crippen LogP contribution in [0.25, 0.3) is 0 Å². The lowest BCUT2D eigenvalue weighted by molar-refractivity contribution is -0.384. The first-order valence-electron chi connectivity index (χ1n) is 5.92. The molecule has 2 aromatic rings. The van der Waals surface area contributed by atoms with Crippen LogP contribution < -0.4 is 5.32 Å². The number of hydrogen-bond acceptors (Lipinski definition) is 4. The molecular formula is C12H12ClFN4O2. The van der Waals surface area contributed by atoms with Crippen molar-refractivity contribution in [1.29, 1.82) is 0 Å². The number of nitrogens with one attached hydrogen (secondary N) is 2. The first kappa shape index (κ1) is 14.3. The summed E-state index contributed by atoms with van der Waals surface area (Å²) in [6.45, 7) is 1.90. The van der Waals surface area contributed by atoms with Crippen LogP contribution in [0.5, 0.6) is 0 Å². The summed E-state index contributed by atoms with van der Waals surface area (Å²) in [5.74, 6) is -0.183. The second kappa shape index (κ2) is 5.87. The van der Waals surface area contributed by atoms with Crippen LogP contribution in [0.4, 0.5) is 15.8 Å². The van der Waals surface area contributed by atoms with Gasteiger partial charge in [0.1, 0.15) is 17.3 Å². The molecule has 0 bridgehead atoms. The van der Waals surface area contributed by atoms with Gasteiger partial charge < -0.3 is 10.3 Å². The Morgan fingerprint density at radius 1 is 1.60 bits per heavy atom. The predicted molar refractivity (Wildman–Crippen MR) is 73.3 cm³/mol. The maximum Gasteiger partial charge on any atom is 0.295 e. The number of nitrogens with zero attached hydrogens (tertiary/aromatic N) is 2. The van der Waals surface area contributed by atoms with Gasteiger partial charge >= 0.3 is 0 Å². The molecule has 0 radical (unpaired) electrons. The molecule has 20 heavy (non-hydrogen) atoms. The summed E-state index contributed by atoms with van der Waals surface area (Å²) in [7, 11) is 0. The Morgan fingerprint density at radius 3 is 2.90 bits per heavy atom. The number of aromatic amines is 1. The summed E-state index contributed by atoms with van der Waals surface area (Å²) in [5, 5.41) is 13.8. The molecule has 8 heteroatoms. The van der Waals surface area contributed by atoms with Gasteiger partial charge in [0, 0.05) is 12.4 Å². The number of nitro benzene ring substituents is 1. The average molecular weight is 299 g/mol. The molecule has 0 aliphatic rings. The van der Waals surface area contributed by atoms with Gasteiger partial charge in [-0.1, -0.05) is 18.5 Å². The van der Waals surface area contributed by atoms with E-state index in [1.807, 2.05) is 6.92 Å². The average Bonchev–Trinajstić information content (AvgIpc) is 2.93. The minimum atomic E-state index is -0.824. The van der Waals surface area contributed by atoms with E-state index in [1.165, 1.54) is 6.07 Å². The SMILES string of the molecule is CCC(Nc1cc(Cl)c(F)cc1[N+](=O)[O-])c1ncc[nH]1. The van der Waals surface area contributed by atoms with Gasteiger partial charge in [0.25, 0.3) is 5.69 Å². The van der Waals surface area contributed by atoms with Crippen LogP contribution in [0.3, 0.4) is 0 Å². The van der Waals surface area contributed by atoms with Crippen LogP contribution in [-0.4, -0.2) is 14.9 Å². The van der Waals surface area contributed by atoms with E-state index < -0.39 is 10.7 Å². The van der Waals surface area contributed by atoms with Gasteiger partial charge in [-0.05, 0) is 12.5 Å². The summed E-state index contributed by atoms with van der Waals surface area (Å²) >= 11 is 5.68. The molecule has 2 rings (SSSR count). The molecule has 106 valence electrons. The Kier molecular flexibility index (Phi) is 4.19. The summed E-state index contributed by atoms with van der Waals surface area (Å²) < 4.78 is 13.3. The molecule has 0 saturated carbocycles. The van der Waals surface area contributed by atoms with Crippen LogP contribution in [-0.2, 0) is 0 Å². The number of halogens is 2. The summed E-state index contributed by atoms with van der Waals surface area (Å²) in [4.78, 5) is 17.4. The van der Waals surface area contributed by atoms with Crippen LogP contribution in [0.2, 0.25) is 5.02 Å². The van der Waals surface area contributed by atoms with Gasteiger partial charge in [-0.15, -0.1) is 0 Å². The minimum absolute atomic E-state index is 0.157. The van der Waals surface area contributed by atoms with Crippen molar-refractivity contribution in [2.45, 2.75) is 19.4 Å². The highest BCUT2D eigenvalue weighted by Crippen LogP contribution is 2.33. The molecule has 1 atom stereocenters. The van der Waals surface area contributed by atoms with Gasteiger partial charge in [-0.2, -0.15) is 0 Å². The van der Waals surface area contributed by atoms with Crippen molar-refractivity contribution in [3.05, 3.63) is 51.3 Å². The van der Waals surface area contributed by atoms with E-state index in [-0.39, 0.29) is 22.4 Å². The fourth-order valence-electron chi connectivity index (χ4n) is 1.82. The fourth-order valence-corrected chi connectivity index (χ4v) is 1.99. The lowest BCUT2D eigenvalue weighted by atomic mass is 10.2. The van der Waals surface area contributed by atoms with Gasteiger partial charge in [0.05, 0.1) is 22.1 Å². The standard InChI is InChI=1S/C12H12ClFN4O2/c1-2-9(12-15-3-4-16-12)17-10-5-7(13)8(14)6-11(10)18(19)20/h3-6,9,17H,2H2,1H3,(H,15,16). The second-order valence-electron chi connectivity index (χ2n) is 4.12. The van der Waals surface area contributed by atoms with E-state index in [0.717, 1.165) is 6.07 Å². The molecule has 6 nitrogen and oxygen atoms in total. The Hall–Kier alpha value is -2.15. The molecule has 0 aliphatic carbocycles. The van der Waals surface area contributed by atoms with Crippen molar-refractivity contribution in [2.75, 3.05) is 5.32 Å². The molecule has 2 N–H and O–H groups in total. The molecule has 1 aromatic heterocycles. The van der Waals surface area contributed by atoms with Crippen molar-refractivity contribution in [3.63, 3.8) is 0 Å². The van der Waals surface area contributed by atoms with Crippen molar-refractivity contribution in [1.82, 2.24) is 9.97 Å². The highest BCUT2D eigenvalue weighted by Gasteiger charge is 2.21. The molecule has 0 amide bonds. The van der Waals surface area contributed by atoms with Crippen LogP contribution in [0.1, 0.15) is 25.2 Å². The summed E-state index contributed by atoms with van der Waals surface area (Å²) in [6.07, 6.45) is 3.89. The van der Waals surface area contributed by atoms with E-state index in [9.17, 15) is 14.5 Å². The van der Waals surface area contributed by atoms with Crippen molar-refractivity contribution in [2.24, 2.45) is 0 Å². The van der Waals surface area contributed by atoms with Gasteiger partial charge in [-0.3, -0.25) is 10.1 Å². The Bertz CT molecular complexity index is 618. The number of anilines is 1. The number of hydrogen-bond donors (Lipinski definition) is 2. The number of aromatic nitrogens is 2. The lowest BCUT2D eigenvalue weighted by Crippen LogP contribution is -2.12. The Balaban J connectivity index is 2.37. The minimum Gasteiger partial charge on any atom is -0.370 e. The number of benzene rings is 1. The van der Waals surface area contributed by atoms with Gasteiger partial charge in [0.2, 0.25) is 0 Å². The summed E-state index contributed by atoms with van der Waals surface area (Å²) in [5.41, 5.74) is -0.207. The Labute approximate surface area is 119 Å². The molecular weight excluding hydrogens is 287 g/mol. The quantitative estimate of drug-likeness (QED) is 0.651. The van der Waals surface area contributed by atoms with E-state index in [4.69, 9.17) is 11.6 Å². The number of nitro groups is 1. The normalized spacial score (nSPS) is 12.2. The van der Waals surface area contributed by atoms with E-state index in [2.05, 4.69) is 15.3 Å². The van der Waals surface area contributed by atoms with Crippen LogP contribution >= 0.6 is 11.6 Å². The second-order valence-corrected chi connectivity index (χ2v) is 4.53. The highest BCUT2D eigenvalue weighted by molar-refractivity contribution is 6.31. The Morgan fingerprint density at radius 2 is 2.35 bits per heavy atom. The smallest absolute Gasteiger partial charge is 0.295 e. The highest BCUT2D eigenvalue weighted by atomic mass is 35.5. The van der Waals surface area contributed by atoms with Crippen molar-refractivity contribution < 1.29 is 9.31 Å². The lowest BCUT2D eigenvalue weighted by Gasteiger charge is -2.16. The maximum absolute atomic E-state index is 13.3. The van der Waals surface area contributed by atoms with Crippen LogP contribution in [0.15, 0.2) is 24.5 Å². The zero-order chi connectivity index (χ0) is 14.7. The number of H-pyrrole nitrogens is 1. The molecule has 0 saturated heterocycles. The van der Waals surface area contributed by atoms with Crippen molar-refractivity contribution in [3.8, 4) is 0 Å². The van der Waals surface area contributed by atoms with E-state index >= 15 is 0 Å². The zero-order valence-corrected chi connectivity index (χ0v) is 11.3. The fraction of sp³-hybridized carbons (Fsp3) is 0.250. The topological polar surface area (TPSA) is 83.8 Å². The predicted octanol–water partition coefficient (Wildman–Crippen LogP) is 3.67. The first-order chi connectivity index (χ1) is 9.52. The third-order valence-corrected chi connectivity index (χ3v) is 3.11. The first-order valence-corrected chi connectivity index (χ1v) is 6.30. The van der Waals surface area contributed by atoms with Gasteiger partial charge in [0.15, 0.2) is 0 Å². The van der Waals surface area contributed by atoms with Crippen molar-refractivity contribution >= 4 is 23.0 Å². The molecule has 0 fully saturated rings. The molecule has 0 spiro atoms. The maximum atomic E-state index is 13.3. The van der Waals surface area contributed by atoms with E-state index in [1.54, 1.807) is 12.4 Å². The third kappa shape index (κ3) is 2.88. The molecule has 1 heterocycles. The number of imidazole rings is 1. The van der Waals surface area contributed by atoms with E-state index in [0.29, 0.717) is 12.2 Å². The molecule has 1 unspecified atom stereocenters. The zero-order valence-electron chi connectivity index (χ0n) is 10.6. The molecule has 0 aliphatic heterocycles. The van der Waals surface area contributed by atoms with Gasteiger partial charge in [-0.25, -0.2) is 9.37 Å². The monoisotopic (exact) mass is 298 g/mol. The summed E-state index contributed by atoms with van der Waals surface area (Å²) in [6, 6.07) is 1.75. The third-order valence-electron chi connectivity index (χ3n) is 2.82.